The maximum absolute atomic E-state index is 12.7. The molecule has 0 atom stereocenters. The van der Waals surface area contributed by atoms with Crippen molar-refractivity contribution in [2.24, 2.45) is 0 Å². The second kappa shape index (κ2) is 8.79. The van der Waals surface area contributed by atoms with Crippen molar-refractivity contribution in [3.8, 4) is 0 Å². The lowest BCUT2D eigenvalue weighted by Crippen LogP contribution is -2.25. The maximum atomic E-state index is 12.7. The fraction of sp³-hybridized carbons (Fsp3) is 0.0909. The molecular formula is C22H20N2O5S. The van der Waals surface area contributed by atoms with E-state index in [0.29, 0.717) is 6.54 Å². The highest BCUT2D eigenvalue weighted by atomic mass is 32.2. The van der Waals surface area contributed by atoms with Crippen LogP contribution in [0.2, 0.25) is 0 Å². The zero-order valence-corrected chi connectivity index (χ0v) is 16.9. The van der Waals surface area contributed by atoms with Gasteiger partial charge in [-0.1, -0.05) is 48.0 Å². The van der Waals surface area contributed by atoms with E-state index in [-0.39, 0.29) is 21.7 Å². The molecule has 7 nitrogen and oxygen atoms in total. The Morgan fingerprint density at radius 2 is 1.63 bits per heavy atom. The van der Waals surface area contributed by atoms with Crippen molar-refractivity contribution in [3.05, 3.63) is 95.1 Å². The highest BCUT2D eigenvalue weighted by Crippen LogP contribution is 2.21. The van der Waals surface area contributed by atoms with E-state index in [9.17, 15) is 18.0 Å². The average molecular weight is 424 g/mol. The number of carbonyl (C=O) groups is 2. The molecule has 3 aromatic rings. The van der Waals surface area contributed by atoms with Gasteiger partial charge >= 0.3 is 5.97 Å². The van der Waals surface area contributed by atoms with Gasteiger partial charge in [-0.05, 0) is 42.8 Å². The normalized spacial score (nSPS) is 11.0. The van der Waals surface area contributed by atoms with Crippen molar-refractivity contribution >= 4 is 27.6 Å². The number of anilines is 1. The second-order valence-corrected chi connectivity index (χ2v) is 8.33. The molecule has 1 amide bonds. The third kappa shape index (κ3) is 5.03. The van der Waals surface area contributed by atoms with Crippen molar-refractivity contribution in [1.29, 1.82) is 0 Å². The Bertz CT molecular complexity index is 1190. The van der Waals surface area contributed by atoms with Crippen LogP contribution in [-0.4, -0.2) is 25.4 Å². The number of carboxylic acid groups (broad SMARTS) is 1. The highest BCUT2D eigenvalue weighted by molar-refractivity contribution is 7.92. The summed E-state index contributed by atoms with van der Waals surface area (Å²) in [5.41, 5.74) is 2.12. The van der Waals surface area contributed by atoms with Gasteiger partial charge in [-0.3, -0.25) is 9.52 Å². The molecule has 0 saturated carbocycles. The molecule has 0 fully saturated rings. The van der Waals surface area contributed by atoms with Crippen LogP contribution in [0, 0.1) is 6.92 Å². The number of rotatable bonds is 7. The van der Waals surface area contributed by atoms with Crippen LogP contribution < -0.4 is 10.0 Å². The van der Waals surface area contributed by atoms with E-state index in [4.69, 9.17) is 5.11 Å². The minimum absolute atomic E-state index is 0.0969. The van der Waals surface area contributed by atoms with Crippen LogP contribution in [0.1, 0.15) is 31.8 Å². The minimum atomic E-state index is -4.09. The molecule has 0 aliphatic heterocycles. The summed E-state index contributed by atoms with van der Waals surface area (Å²) in [4.78, 5) is 23.6. The van der Waals surface area contributed by atoms with Crippen LogP contribution in [0.5, 0.6) is 0 Å². The number of sulfonamides is 1. The largest absolute Gasteiger partial charge is 0.478 e. The summed E-state index contributed by atoms with van der Waals surface area (Å²) >= 11 is 0. The summed E-state index contributed by atoms with van der Waals surface area (Å²) in [6.07, 6.45) is 0. The fourth-order valence-electron chi connectivity index (χ4n) is 2.75. The summed E-state index contributed by atoms with van der Waals surface area (Å²) in [5.74, 6) is -1.67. The molecule has 8 heteroatoms. The second-order valence-electron chi connectivity index (χ2n) is 6.65. The topological polar surface area (TPSA) is 113 Å². The zero-order chi connectivity index (χ0) is 21.7. The van der Waals surface area contributed by atoms with Gasteiger partial charge in [0.1, 0.15) is 0 Å². The number of nitrogens with one attached hydrogen (secondary N) is 2. The molecule has 3 aromatic carbocycles. The molecule has 0 aliphatic rings. The van der Waals surface area contributed by atoms with E-state index < -0.39 is 21.9 Å². The van der Waals surface area contributed by atoms with Crippen LogP contribution in [-0.2, 0) is 16.6 Å². The first-order chi connectivity index (χ1) is 14.3. The molecule has 154 valence electrons. The maximum Gasteiger partial charge on any atom is 0.335 e. The number of para-hydroxylation sites is 1. The van der Waals surface area contributed by atoms with Crippen LogP contribution in [0.15, 0.2) is 77.7 Å². The Balaban J connectivity index is 1.80. The summed E-state index contributed by atoms with van der Waals surface area (Å²) in [7, 11) is -4.09. The lowest BCUT2D eigenvalue weighted by atomic mass is 10.1. The van der Waals surface area contributed by atoms with Gasteiger partial charge in [-0.15, -0.1) is 0 Å². The van der Waals surface area contributed by atoms with E-state index in [1.807, 2.05) is 31.2 Å². The summed E-state index contributed by atoms with van der Waals surface area (Å²) in [6.45, 7) is 2.26. The first-order valence-corrected chi connectivity index (χ1v) is 10.5. The van der Waals surface area contributed by atoms with E-state index >= 15 is 0 Å². The van der Waals surface area contributed by atoms with Gasteiger partial charge in [0, 0.05) is 6.54 Å². The average Bonchev–Trinajstić information content (AvgIpc) is 2.73. The summed E-state index contributed by atoms with van der Waals surface area (Å²) < 4.78 is 27.8. The third-order valence-electron chi connectivity index (χ3n) is 4.38. The Labute approximate surface area is 174 Å². The predicted octanol–water partition coefficient (Wildman–Crippen LogP) is 3.42. The van der Waals surface area contributed by atoms with Gasteiger partial charge in [0.15, 0.2) is 0 Å². The quantitative estimate of drug-likeness (QED) is 0.538. The van der Waals surface area contributed by atoms with Crippen molar-refractivity contribution in [1.82, 2.24) is 5.32 Å². The smallest absolute Gasteiger partial charge is 0.335 e. The number of hydrogen-bond acceptors (Lipinski definition) is 4. The molecule has 0 saturated heterocycles. The molecule has 0 spiro atoms. The van der Waals surface area contributed by atoms with E-state index in [1.54, 1.807) is 12.1 Å². The van der Waals surface area contributed by atoms with E-state index in [2.05, 4.69) is 10.0 Å². The summed E-state index contributed by atoms with van der Waals surface area (Å²) in [5, 5.41) is 11.9. The van der Waals surface area contributed by atoms with Crippen LogP contribution in [0.3, 0.4) is 0 Å². The number of hydrogen-bond donors (Lipinski definition) is 3. The monoisotopic (exact) mass is 424 g/mol. The minimum Gasteiger partial charge on any atom is -0.478 e. The van der Waals surface area contributed by atoms with Gasteiger partial charge in [0.05, 0.1) is 21.7 Å². The van der Waals surface area contributed by atoms with Crippen LogP contribution >= 0.6 is 0 Å². The molecule has 30 heavy (non-hydrogen) atoms. The zero-order valence-electron chi connectivity index (χ0n) is 16.1. The van der Waals surface area contributed by atoms with Crippen molar-refractivity contribution < 1.29 is 23.1 Å². The molecule has 0 aromatic heterocycles. The third-order valence-corrected chi connectivity index (χ3v) is 5.74. The van der Waals surface area contributed by atoms with Crippen molar-refractivity contribution in [2.75, 3.05) is 4.72 Å². The molecule has 0 bridgehead atoms. The Kier molecular flexibility index (Phi) is 6.17. The number of aromatic carboxylic acids is 1. The number of benzene rings is 3. The Hall–Kier alpha value is -3.65. The van der Waals surface area contributed by atoms with Gasteiger partial charge < -0.3 is 10.4 Å². The Morgan fingerprint density at radius 3 is 2.33 bits per heavy atom. The van der Waals surface area contributed by atoms with Crippen molar-refractivity contribution in [3.63, 3.8) is 0 Å². The summed E-state index contributed by atoms with van der Waals surface area (Å²) in [6, 6.07) is 18.9. The molecule has 0 radical (unpaired) electrons. The highest BCUT2D eigenvalue weighted by Gasteiger charge is 2.19. The SMILES string of the molecule is Cc1ccc(CNC(=O)c2ccccc2NS(=O)(=O)c2cccc(C(=O)O)c2)cc1. The molecule has 0 unspecified atom stereocenters. The molecule has 0 heterocycles. The predicted molar refractivity (Wildman–Crippen MR) is 113 cm³/mol. The van der Waals surface area contributed by atoms with E-state index in [0.717, 1.165) is 17.2 Å². The van der Waals surface area contributed by atoms with Crippen LogP contribution in [0.25, 0.3) is 0 Å². The molecule has 3 rings (SSSR count). The fourth-order valence-corrected chi connectivity index (χ4v) is 3.88. The van der Waals surface area contributed by atoms with Gasteiger partial charge in [0.25, 0.3) is 15.9 Å². The van der Waals surface area contributed by atoms with Crippen LogP contribution in [0.4, 0.5) is 5.69 Å². The standard InChI is InChI=1S/C22H20N2O5S/c1-15-9-11-16(12-10-15)14-23-21(25)19-7-2-3-8-20(19)24-30(28,29)18-6-4-5-17(13-18)22(26)27/h2-13,24H,14H2,1H3,(H,23,25)(H,26,27). The number of carboxylic acids is 1. The molecule has 0 aliphatic carbocycles. The number of aryl methyl sites for hydroxylation is 1. The molecular weight excluding hydrogens is 404 g/mol. The first kappa shape index (κ1) is 21.1. The Morgan fingerprint density at radius 1 is 0.933 bits per heavy atom. The van der Waals surface area contributed by atoms with E-state index in [1.165, 1.54) is 30.3 Å². The first-order valence-electron chi connectivity index (χ1n) is 9.05. The van der Waals surface area contributed by atoms with Gasteiger partial charge in [0.2, 0.25) is 0 Å². The lowest BCUT2D eigenvalue weighted by Gasteiger charge is -2.13. The molecule has 3 N–H and O–H groups in total. The van der Waals surface area contributed by atoms with Gasteiger partial charge in [-0.2, -0.15) is 0 Å². The van der Waals surface area contributed by atoms with Crippen molar-refractivity contribution in [2.45, 2.75) is 18.4 Å². The lowest BCUT2D eigenvalue weighted by molar-refractivity contribution is 0.0696. The van der Waals surface area contributed by atoms with Gasteiger partial charge in [-0.25, -0.2) is 13.2 Å². The number of amides is 1. The number of carbonyl (C=O) groups excluding carboxylic acids is 1.